The van der Waals surface area contributed by atoms with Crippen molar-refractivity contribution in [2.75, 3.05) is 36.9 Å². The van der Waals surface area contributed by atoms with Gasteiger partial charge in [0.05, 0.1) is 24.7 Å². The van der Waals surface area contributed by atoms with E-state index in [-0.39, 0.29) is 59.1 Å². The number of likely N-dealkylation sites (tertiary alicyclic amines) is 1. The maximum atomic E-state index is 13.4. The van der Waals surface area contributed by atoms with Gasteiger partial charge in [0.25, 0.3) is 0 Å². The summed E-state index contributed by atoms with van der Waals surface area (Å²) < 4.78 is 3.58. The molecule has 8 rings (SSSR count). The van der Waals surface area contributed by atoms with Crippen LogP contribution in [0, 0.1) is 0 Å². The van der Waals surface area contributed by atoms with Crippen molar-refractivity contribution in [2.24, 2.45) is 0 Å². The van der Waals surface area contributed by atoms with E-state index >= 15 is 0 Å². The normalized spacial score (nSPS) is 28.6. The summed E-state index contributed by atoms with van der Waals surface area (Å²) in [6, 6.07) is -1.63. The number of aliphatic hydroxyl groups excluding tert-OH is 4. The van der Waals surface area contributed by atoms with Gasteiger partial charge in [0.1, 0.15) is 25.4 Å². The molecule has 0 spiro atoms. The zero-order valence-electron chi connectivity index (χ0n) is 31.3. The van der Waals surface area contributed by atoms with Crippen molar-refractivity contribution in [2.45, 2.75) is 112 Å². The smallest absolute Gasteiger partial charge is 0.317 e. The van der Waals surface area contributed by atoms with E-state index < -0.39 is 43.4 Å². The molecule has 5 heterocycles. The number of amides is 4. The van der Waals surface area contributed by atoms with Gasteiger partial charge in [-0.15, -0.1) is 0 Å². The molecule has 3 aliphatic carbocycles. The third-order valence-corrected chi connectivity index (χ3v) is 12.1. The van der Waals surface area contributed by atoms with Gasteiger partial charge < -0.3 is 61.0 Å². The molecular weight excluding hydrogens is 799 g/mol. The predicted octanol–water partition coefficient (Wildman–Crippen LogP) is 0.238. The zero-order chi connectivity index (χ0) is 40.7. The summed E-state index contributed by atoms with van der Waals surface area (Å²) in [6.07, 6.45) is 6.93. The number of fused-ring (bicyclic) bond motifs is 2. The van der Waals surface area contributed by atoms with Crippen LogP contribution in [0.2, 0.25) is 10.6 Å². The Labute approximate surface area is 341 Å². The number of halogens is 2. The molecule has 4 aromatic heterocycles. The van der Waals surface area contributed by atoms with Crippen molar-refractivity contribution in [3.8, 4) is 0 Å². The summed E-state index contributed by atoms with van der Waals surface area (Å²) in [7, 11) is 0. The van der Waals surface area contributed by atoms with E-state index in [0.717, 1.165) is 38.5 Å². The lowest BCUT2D eigenvalue weighted by Crippen LogP contribution is -2.46. The average molecular weight is 846 g/mol. The number of nitrogens with one attached hydrogen (secondary N) is 5. The largest absolute Gasteiger partial charge is 0.388 e. The van der Waals surface area contributed by atoms with Crippen molar-refractivity contribution < 1.29 is 34.8 Å². The van der Waals surface area contributed by atoms with Gasteiger partial charge in [0.15, 0.2) is 34.0 Å². The Balaban J connectivity index is 0.835. The van der Waals surface area contributed by atoms with Crippen LogP contribution < -0.4 is 26.6 Å². The van der Waals surface area contributed by atoms with Gasteiger partial charge in [-0.2, -0.15) is 19.9 Å². The fourth-order valence-electron chi connectivity index (χ4n) is 8.88. The maximum absolute atomic E-state index is 13.4. The molecule has 3 saturated carbocycles. The van der Waals surface area contributed by atoms with Gasteiger partial charge in [-0.05, 0) is 81.0 Å². The molecule has 4 amide bonds. The van der Waals surface area contributed by atoms with Crippen molar-refractivity contribution in [1.82, 2.24) is 59.9 Å². The lowest BCUT2D eigenvalue weighted by molar-refractivity contribution is -0.125. The van der Waals surface area contributed by atoms with E-state index in [1.807, 2.05) is 4.57 Å². The molecule has 0 bridgehead atoms. The fourth-order valence-corrected chi connectivity index (χ4v) is 9.21. The quantitative estimate of drug-likeness (QED) is 0.0915. The van der Waals surface area contributed by atoms with Gasteiger partial charge in [0.2, 0.25) is 22.4 Å². The van der Waals surface area contributed by atoms with Crippen LogP contribution in [0.1, 0.15) is 69.9 Å². The summed E-state index contributed by atoms with van der Waals surface area (Å²) in [5, 5.41) is 55.1. The highest BCUT2D eigenvalue weighted by molar-refractivity contribution is 6.29. The van der Waals surface area contributed by atoms with Crippen molar-refractivity contribution in [1.29, 1.82) is 0 Å². The standard InChI is InChI=1S/C35H46Cl2N14O7/c36-33-45-29(25-31(47-33)50(14-38-25)20-6-5-18(9-20)40-23(54)12-52)41-16-1-3-17(4-2-16)43-35(58)49-8-7-19(11-49)42-30-26-32(48-34(37)46-30)51(15-39-26)22-10-21(27(56)28(22)57)44-24(55)13-53/h14-22,27-28,52-53,56-57H,1-13H2,(H,40,54)(H,43,58)(H,44,55)(H,41,45,47)(H,42,46,48)/t16?,17?,18-,19-,20+,21+,22-,27-,28+/m1/s1. The van der Waals surface area contributed by atoms with Gasteiger partial charge in [-0.25, -0.2) is 14.8 Å². The molecule has 0 radical (unpaired) electrons. The van der Waals surface area contributed by atoms with E-state index in [0.29, 0.717) is 59.9 Å². The van der Waals surface area contributed by atoms with Crippen LogP contribution in [0.5, 0.6) is 0 Å². The maximum Gasteiger partial charge on any atom is 0.317 e. The van der Waals surface area contributed by atoms with Crippen LogP contribution in [0.15, 0.2) is 12.7 Å². The summed E-state index contributed by atoms with van der Waals surface area (Å²) in [4.78, 5) is 65.4. The minimum absolute atomic E-state index is 0.00214. The topological polar surface area (TPSA) is 283 Å². The van der Waals surface area contributed by atoms with Crippen LogP contribution in [0.25, 0.3) is 22.3 Å². The van der Waals surface area contributed by atoms with Crippen LogP contribution >= 0.6 is 23.2 Å². The zero-order valence-corrected chi connectivity index (χ0v) is 32.8. The van der Waals surface area contributed by atoms with Crippen LogP contribution in [0.4, 0.5) is 16.4 Å². The summed E-state index contributed by atoms with van der Waals surface area (Å²) >= 11 is 12.7. The third-order valence-electron chi connectivity index (χ3n) is 11.8. The lowest BCUT2D eigenvalue weighted by atomic mass is 9.91. The van der Waals surface area contributed by atoms with Crippen molar-refractivity contribution >= 4 is 75.0 Å². The number of imidazole rings is 2. The number of aromatic nitrogens is 8. The Morgan fingerprint density at radius 1 is 0.672 bits per heavy atom. The minimum Gasteiger partial charge on any atom is -0.388 e. The highest BCUT2D eigenvalue weighted by Gasteiger charge is 2.44. The Morgan fingerprint density at radius 2 is 1.26 bits per heavy atom. The first-order valence-electron chi connectivity index (χ1n) is 19.5. The van der Waals surface area contributed by atoms with E-state index in [9.17, 15) is 24.6 Å². The van der Waals surface area contributed by atoms with Gasteiger partial charge >= 0.3 is 6.03 Å². The molecule has 4 aromatic rings. The number of hydrogen-bond acceptors (Lipinski definition) is 15. The Kier molecular flexibility index (Phi) is 11.7. The first-order valence-corrected chi connectivity index (χ1v) is 20.3. The molecule has 1 saturated heterocycles. The number of urea groups is 1. The fraction of sp³-hybridized carbons (Fsp3) is 0.629. The number of carbonyl (C=O) groups excluding carboxylic acids is 3. The average Bonchev–Trinajstić information content (AvgIpc) is 4.06. The molecule has 0 aromatic carbocycles. The second kappa shape index (κ2) is 16.9. The van der Waals surface area contributed by atoms with E-state index in [2.05, 4.69) is 56.5 Å². The molecular formula is C35H46Cl2N14O7. The minimum atomic E-state index is -1.27. The first-order chi connectivity index (χ1) is 28.0. The number of nitrogens with zero attached hydrogens (tertiary/aromatic N) is 9. The molecule has 4 aliphatic rings. The number of carbonyl (C=O) groups is 3. The second-order valence-electron chi connectivity index (χ2n) is 15.6. The molecule has 312 valence electrons. The molecule has 0 unspecified atom stereocenters. The molecule has 58 heavy (non-hydrogen) atoms. The van der Waals surface area contributed by atoms with Gasteiger partial charge in [0, 0.05) is 43.3 Å². The van der Waals surface area contributed by atoms with Crippen LogP contribution in [-0.4, -0.2) is 151 Å². The second-order valence-corrected chi connectivity index (χ2v) is 16.2. The monoisotopic (exact) mass is 844 g/mol. The number of hydrogen-bond donors (Lipinski definition) is 9. The van der Waals surface area contributed by atoms with Gasteiger partial charge in [-0.3, -0.25) is 9.59 Å². The predicted molar refractivity (Wildman–Crippen MR) is 209 cm³/mol. The summed E-state index contributed by atoms with van der Waals surface area (Å²) in [6.45, 7) is -0.331. The van der Waals surface area contributed by atoms with E-state index in [1.54, 1.807) is 15.8 Å². The number of rotatable bonds is 11. The van der Waals surface area contributed by atoms with Gasteiger partial charge in [-0.1, -0.05) is 0 Å². The Hall–Kier alpha value is -4.67. The highest BCUT2D eigenvalue weighted by atomic mass is 35.5. The first kappa shape index (κ1) is 40.1. The Morgan fingerprint density at radius 3 is 1.93 bits per heavy atom. The molecule has 21 nitrogen and oxygen atoms in total. The number of aliphatic hydroxyl groups is 4. The molecule has 1 aliphatic heterocycles. The van der Waals surface area contributed by atoms with E-state index in [1.165, 1.54) is 6.33 Å². The van der Waals surface area contributed by atoms with Crippen LogP contribution in [0.3, 0.4) is 0 Å². The third kappa shape index (κ3) is 8.28. The summed E-state index contributed by atoms with van der Waals surface area (Å²) in [5.74, 6) is -0.122. The lowest BCUT2D eigenvalue weighted by Gasteiger charge is -2.31. The molecule has 23 heteroatoms. The molecule has 4 fully saturated rings. The molecule has 7 atom stereocenters. The van der Waals surface area contributed by atoms with E-state index in [4.69, 9.17) is 33.4 Å². The highest BCUT2D eigenvalue weighted by Crippen LogP contribution is 2.36. The SMILES string of the molecule is O=C(CO)N[C@@H]1CC[C@H](n2cnc3c(NC4CCC(NC(=O)N5CC[C@@H](Nc6nc(Cl)nc7c6ncn7[C@@H]6C[C@H](NC(=O)CO)[C@@H](O)[C@H]6O)C5)CC4)nc(Cl)nc32)C1. The molecule has 9 N–H and O–H groups in total. The van der Waals surface area contributed by atoms with Crippen molar-refractivity contribution in [3.05, 3.63) is 23.2 Å². The Bertz CT molecular complexity index is 2170. The van der Waals surface area contributed by atoms with Crippen molar-refractivity contribution in [3.63, 3.8) is 0 Å². The summed E-state index contributed by atoms with van der Waals surface area (Å²) in [5.41, 5.74) is 1.96. The number of anilines is 2. The van der Waals surface area contributed by atoms with Crippen LogP contribution in [-0.2, 0) is 9.59 Å².